The number of amides is 3. The molecule has 2 aromatic rings. The molecule has 0 radical (unpaired) electrons. The Hall–Kier alpha value is -3.55. The highest BCUT2D eigenvalue weighted by atomic mass is 32.1. The zero-order valence-corrected chi connectivity index (χ0v) is 34.9. The Morgan fingerprint density at radius 3 is 2.30 bits per heavy atom. The lowest BCUT2D eigenvalue weighted by atomic mass is 9.80. The van der Waals surface area contributed by atoms with Crippen molar-refractivity contribution >= 4 is 35.0 Å². The van der Waals surface area contributed by atoms with Crippen LogP contribution in [0.3, 0.4) is 0 Å². The fourth-order valence-electron chi connectivity index (χ4n) is 7.30. The maximum absolute atomic E-state index is 14.6. The Labute approximate surface area is 326 Å². The van der Waals surface area contributed by atoms with Crippen molar-refractivity contribution in [3.63, 3.8) is 0 Å². The molecule has 302 valence electrons. The minimum absolute atomic E-state index is 0.0632. The number of esters is 1. The summed E-state index contributed by atoms with van der Waals surface area (Å²) >= 11 is 1.35. The first-order chi connectivity index (χ1) is 25.7. The number of phenols is 1. The molecule has 4 N–H and O–H groups in total. The molecule has 1 aromatic carbocycles. The molecule has 0 bridgehead atoms. The number of nitrogens with zero attached hydrogens (tertiary/aromatic N) is 2. The van der Waals surface area contributed by atoms with Crippen LogP contribution in [0.4, 0.5) is 0 Å². The third kappa shape index (κ3) is 11.5. The number of likely N-dealkylation sites (N-methyl/N-ethyl adjacent to an activating group) is 1. The van der Waals surface area contributed by atoms with E-state index in [1.165, 1.54) is 18.4 Å². The molecule has 0 saturated carbocycles. The monoisotopic (exact) mass is 771 g/mol. The van der Waals surface area contributed by atoms with E-state index in [-0.39, 0.29) is 59.0 Å². The molecule has 0 saturated heterocycles. The van der Waals surface area contributed by atoms with Crippen LogP contribution in [-0.4, -0.2) is 90.2 Å². The number of benzene rings is 1. The van der Waals surface area contributed by atoms with Crippen LogP contribution >= 0.6 is 11.3 Å². The van der Waals surface area contributed by atoms with Gasteiger partial charge in [-0.1, -0.05) is 74.3 Å². The molecule has 3 rings (SSSR count). The summed E-state index contributed by atoms with van der Waals surface area (Å²) in [5.41, 5.74) is 1.83. The van der Waals surface area contributed by atoms with Crippen LogP contribution < -0.4 is 16.0 Å². The van der Waals surface area contributed by atoms with Crippen LogP contribution in [0.15, 0.2) is 23.6 Å². The molecule has 12 nitrogen and oxygen atoms in total. The van der Waals surface area contributed by atoms with Gasteiger partial charge in [0.1, 0.15) is 28.6 Å². The molecule has 0 spiro atoms. The standard InChI is InChI=1S/C41H65N5O7S/c1-11-17-46(40(50)36(26(8)14-4)45-38(49)35(42-9)25(7)13-3)33(24(5)6)22-34(53-18-12-2)39-44-32(23-54-39)37(48)43-28-19-27-15-16-29(47)21-30(27)31(20-28)41(51)52-10/h15-16,21,23-26,28,31,33-36,42,47H,11-14,17-20,22H2,1-10H3,(H,43,48)(H,45,49). The number of hydrogen-bond donors (Lipinski definition) is 4. The molecule has 8 unspecified atom stereocenters. The van der Waals surface area contributed by atoms with Crippen molar-refractivity contribution in [2.24, 2.45) is 17.8 Å². The van der Waals surface area contributed by atoms with Gasteiger partial charge in [-0.2, -0.15) is 0 Å². The molecule has 1 aliphatic carbocycles. The zero-order chi connectivity index (χ0) is 40.1. The number of hydrogen-bond acceptors (Lipinski definition) is 10. The van der Waals surface area contributed by atoms with Gasteiger partial charge in [0, 0.05) is 37.0 Å². The van der Waals surface area contributed by atoms with Gasteiger partial charge >= 0.3 is 5.97 Å². The van der Waals surface area contributed by atoms with Crippen molar-refractivity contribution in [1.29, 1.82) is 0 Å². The lowest BCUT2D eigenvalue weighted by molar-refractivity contribution is -0.143. The van der Waals surface area contributed by atoms with E-state index in [0.29, 0.717) is 43.0 Å². The molecule has 3 amide bonds. The molecule has 1 heterocycles. The van der Waals surface area contributed by atoms with Crippen LogP contribution in [0, 0.1) is 17.8 Å². The molecular weight excluding hydrogens is 707 g/mol. The number of phenolic OH excluding ortho intramolecular Hbond substituents is 1. The van der Waals surface area contributed by atoms with Crippen molar-refractivity contribution in [2.75, 3.05) is 27.3 Å². The van der Waals surface area contributed by atoms with Gasteiger partial charge < -0.3 is 35.4 Å². The predicted molar refractivity (Wildman–Crippen MR) is 212 cm³/mol. The first kappa shape index (κ1) is 44.8. The van der Waals surface area contributed by atoms with E-state index in [1.54, 1.807) is 30.6 Å². The van der Waals surface area contributed by atoms with Crippen molar-refractivity contribution in [3.8, 4) is 5.75 Å². The maximum Gasteiger partial charge on any atom is 0.313 e. The highest BCUT2D eigenvalue weighted by Gasteiger charge is 2.38. The van der Waals surface area contributed by atoms with Gasteiger partial charge in [0.2, 0.25) is 11.8 Å². The first-order valence-electron chi connectivity index (χ1n) is 19.8. The smallest absolute Gasteiger partial charge is 0.313 e. The number of aromatic hydroxyl groups is 1. The normalized spacial score (nSPS) is 18.8. The minimum atomic E-state index is -0.684. The summed E-state index contributed by atoms with van der Waals surface area (Å²) in [5.74, 6) is -1.50. The van der Waals surface area contributed by atoms with E-state index in [9.17, 15) is 24.3 Å². The molecule has 1 aliphatic rings. The number of thiazole rings is 1. The summed E-state index contributed by atoms with van der Waals surface area (Å²) in [5, 5.41) is 21.8. The number of aromatic nitrogens is 1. The second kappa shape index (κ2) is 21.5. The Kier molecular flexibility index (Phi) is 17.9. The Balaban J connectivity index is 1.87. The van der Waals surface area contributed by atoms with E-state index in [0.717, 1.165) is 31.2 Å². The molecule has 8 atom stereocenters. The van der Waals surface area contributed by atoms with Crippen LogP contribution in [0.1, 0.15) is 133 Å². The SMILES string of the molecule is CCCOC(CC(C(C)C)N(CCC)C(=O)C(NC(=O)C(NC)C(C)CC)C(C)CC)c1nc(C(=O)NC2Cc3ccc(O)cc3C(C(=O)OC)C2)cs1. The fraction of sp³-hybridized carbons (Fsp3) is 0.683. The molecule has 0 aliphatic heterocycles. The number of nitrogens with one attached hydrogen (secondary N) is 3. The predicted octanol–water partition coefficient (Wildman–Crippen LogP) is 6.14. The van der Waals surface area contributed by atoms with E-state index in [1.807, 2.05) is 39.5 Å². The van der Waals surface area contributed by atoms with Gasteiger partial charge in [-0.3, -0.25) is 19.2 Å². The highest BCUT2D eigenvalue weighted by Crippen LogP contribution is 2.36. The van der Waals surface area contributed by atoms with Crippen molar-refractivity contribution in [2.45, 2.75) is 137 Å². The van der Waals surface area contributed by atoms with Crippen molar-refractivity contribution in [1.82, 2.24) is 25.8 Å². The number of fused-ring (bicyclic) bond motifs is 1. The average Bonchev–Trinajstić information content (AvgIpc) is 3.66. The van der Waals surface area contributed by atoms with Gasteiger partial charge in [0.15, 0.2) is 0 Å². The van der Waals surface area contributed by atoms with E-state index >= 15 is 0 Å². The summed E-state index contributed by atoms with van der Waals surface area (Å²) in [6.45, 7) is 17.4. The van der Waals surface area contributed by atoms with Gasteiger partial charge in [-0.05, 0) is 73.7 Å². The van der Waals surface area contributed by atoms with Gasteiger partial charge in [0.25, 0.3) is 5.91 Å². The van der Waals surface area contributed by atoms with Crippen LogP contribution in [0.5, 0.6) is 5.75 Å². The number of ether oxygens (including phenoxy) is 2. The summed E-state index contributed by atoms with van der Waals surface area (Å²) in [6, 6.07) is 3.28. The highest BCUT2D eigenvalue weighted by molar-refractivity contribution is 7.09. The maximum atomic E-state index is 14.6. The second-order valence-electron chi connectivity index (χ2n) is 15.1. The lowest BCUT2D eigenvalue weighted by Crippen LogP contribution is -2.59. The van der Waals surface area contributed by atoms with Crippen molar-refractivity contribution in [3.05, 3.63) is 45.4 Å². The van der Waals surface area contributed by atoms with Gasteiger partial charge in [-0.15, -0.1) is 11.3 Å². The van der Waals surface area contributed by atoms with E-state index < -0.39 is 30.1 Å². The van der Waals surface area contributed by atoms with E-state index in [4.69, 9.17) is 14.5 Å². The topological polar surface area (TPSA) is 159 Å². The van der Waals surface area contributed by atoms with Gasteiger partial charge in [-0.25, -0.2) is 4.98 Å². The van der Waals surface area contributed by atoms with Crippen LogP contribution in [-0.2, 0) is 30.3 Å². The quantitative estimate of drug-likeness (QED) is 0.110. The fourth-order valence-corrected chi connectivity index (χ4v) is 8.16. The summed E-state index contributed by atoms with van der Waals surface area (Å²) in [7, 11) is 3.11. The van der Waals surface area contributed by atoms with Gasteiger partial charge in [0.05, 0.1) is 19.1 Å². The Morgan fingerprint density at radius 1 is 1.02 bits per heavy atom. The number of methoxy groups -OCH3 is 1. The summed E-state index contributed by atoms with van der Waals surface area (Å²) in [6.07, 6.45) is 3.91. The second-order valence-corrected chi connectivity index (χ2v) is 16.0. The molecular formula is C41H65N5O7S. The molecule has 13 heteroatoms. The zero-order valence-electron chi connectivity index (χ0n) is 34.1. The lowest BCUT2D eigenvalue weighted by Gasteiger charge is -2.39. The molecule has 1 aromatic heterocycles. The third-order valence-electron chi connectivity index (χ3n) is 10.8. The number of carbonyl (C=O) groups is 4. The van der Waals surface area contributed by atoms with Crippen molar-refractivity contribution < 1.29 is 33.8 Å². The largest absolute Gasteiger partial charge is 0.508 e. The van der Waals surface area contributed by atoms with Crippen LogP contribution in [0.2, 0.25) is 0 Å². The third-order valence-corrected chi connectivity index (χ3v) is 11.8. The first-order valence-corrected chi connectivity index (χ1v) is 20.7. The number of rotatable bonds is 21. The van der Waals surface area contributed by atoms with E-state index in [2.05, 4.69) is 36.7 Å². The summed E-state index contributed by atoms with van der Waals surface area (Å²) < 4.78 is 11.5. The molecule has 0 fully saturated rings. The minimum Gasteiger partial charge on any atom is -0.508 e. The summed E-state index contributed by atoms with van der Waals surface area (Å²) in [4.78, 5) is 61.2. The Morgan fingerprint density at radius 2 is 1.70 bits per heavy atom. The van der Waals surface area contributed by atoms with Crippen LogP contribution in [0.25, 0.3) is 0 Å². The number of carbonyl (C=O) groups excluding carboxylic acids is 4. The average molecular weight is 772 g/mol. The Bertz CT molecular complexity index is 1530. The molecule has 54 heavy (non-hydrogen) atoms.